The minimum Gasteiger partial charge on any atom is -0.465 e. The smallest absolute Gasteiger partial charge is 0.410 e. The zero-order valence-electron chi connectivity index (χ0n) is 12.7. The van der Waals surface area contributed by atoms with Gasteiger partial charge in [0.25, 0.3) is 0 Å². The van der Waals surface area contributed by atoms with Crippen LogP contribution in [0.25, 0.3) is 0 Å². The molecule has 1 aliphatic heterocycles. The van der Waals surface area contributed by atoms with Crippen molar-refractivity contribution in [1.29, 1.82) is 0 Å². The molecule has 20 heavy (non-hydrogen) atoms. The van der Waals surface area contributed by atoms with Crippen molar-refractivity contribution in [2.45, 2.75) is 46.1 Å². The molecule has 1 atom stereocenters. The lowest BCUT2D eigenvalue weighted by atomic mass is 9.84. The van der Waals surface area contributed by atoms with Gasteiger partial charge in [-0.15, -0.1) is 12.3 Å². The molecule has 0 N–H and O–H groups in total. The topological polar surface area (TPSA) is 55.8 Å². The van der Waals surface area contributed by atoms with Crippen LogP contribution in [0.2, 0.25) is 0 Å². The molecule has 1 heterocycles. The molecule has 0 aromatic rings. The van der Waals surface area contributed by atoms with Gasteiger partial charge in [-0.25, -0.2) is 4.79 Å². The van der Waals surface area contributed by atoms with Gasteiger partial charge in [-0.1, -0.05) is 0 Å². The second-order valence-corrected chi connectivity index (χ2v) is 6.03. The number of terminal acetylenes is 1. The van der Waals surface area contributed by atoms with Gasteiger partial charge in [-0.2, -0.15) is 0 Å². The Morgan fingerprint density at radius 2 is 2.05 bits per heavy atom. The highest BCUT2D eigenvalue weighted by molar-refractivity contribution is 5.80. The largest absolute Gasteiger partial charge is 0.465 e. The number of carbonyl (C=O) groups is 2. The highest BCUT2D eigenvalue weighted by Crippen LogP contribution is 2.35. The average Bonchev–Trinajstić information content (AvgIpc) is 2.73. The van der Waals surface area contributed by atoms with Gasteiger partial charge >= 0.3 is 12.1 Å². The van der Waals surface area contributed by atoms with Crippen molar-refractivity contribution in [1.82, 2.24) is 4.90 Å². The number of carbonyl (C=O) groups excluding carboxylic acids is 2. The number of ether oxygens (including phenoxy) is 2. The predicted molar refractivity (Wildman–Crippen MR) is 74.9 cm³/mol. The normalized spacial score (nSPS) is 22.2. The molecule has 112 valence electrons. The van der Waals surface area contributed by atoms with Crippen LogP contribution in [-0.2, 0) is 14.3 Å². The van der Waals surface area contributed by atoms with Crippen molar-refractivity contribution in [3.05, 3.63) is 0 Å². The molecule has 0 bridgehead atoms. The van der Waals surface area contributed by atoms with Crippen LogP contribution in [0.15, 0.2) is 0 Å². The third kappa shape index (κ3) is 3.89. The second-order valence-electron chi connectivity index (χ2n) is 6.03. The number of nitrogens with zero attached hydrogens (tertiary/aromatic N) is 1. The Hall–Kier alpha value is -1.70. The van der Waals surface area contributed by atoms with Crippen LogP contribution in [0, 0.1) is 17.8 Å². The predicted octanol–water partition coefficient (Wildman–Crippen LogP) is 2.20. The molecule has 0 aliphatic carbocycles. The number of rotatable bonds is 3. The summed E-state index contributed by atoms with van der Waals surface area (Å²) in [5.41, 5.74) is -1.35. The molecular weight excluding hydrogens is 258 g/mol. The maximum absolute atomic E-state index is 12.1. The number of hydrogen-bond acceptors (Lipinski definition) is 4. The van der Waals surface area contributed by atoms with E-state index in [9.17, 15) is 9.59 Å². The summed E-state index contributed by atoms with van der Waals surface area (Å²) in [4.78, 5) is 25.7. The van der Waals surface area contributed by atoms with Gasteiger partial charge in [0, 0.05) is 19.5 Å². The summed E-state index contributed by atoms with van der Waals surface area (Å²) in [7, 11) is 0. The van der Waals surface area contributed by atoms with Gasteiger partial charge in [0.2, 0.25) is 0 Å². The number of hydrogen-bond donors (Lipinski definition) is 0. The maximum atomic E-state index is 12.1. The number of likely N-dealkylation sites (tertiary alicyclic amines) is 1. The molecule has 1 aliphatic rings. The van der Waals surface area contributed by atoms with Gasteiger partial charge in [0.1, 0.15) is 5.60 Å². The first-order valence-electron chi connectivity index (χ1n) is 6.83. The summed E-state index contributed by atoms with van der Waals surface area (Å²) in [6, 6.07) is 0. The van der Waals surface area contributed by atoms with E-state index in [2.05, 4.69) is 5.92 Å². The molecule has 0 aromatic carbocycles. The molecule has 1 rings (SSSR count). The second kappa shape index (κ2) is 6.17. The van der Waals surface area contributed by atoms with E-state index in [1.54, 1.807) is 27.7 Å². The fourth-order valence-electron chi connectivity index (χ4n) is 2.22. The Balaban J connectivity index is 2.78. The molecule has 5 nitrogen and oxygen atoms in total. The van der Waals surface area contributed by atoms with Crippen LogP contribution in [0.1, 0.15) is 40.5 Å². The Morgan fingerprint density at radius 3 is 2.55 bits per heavy atom. The summed E-state index contributed by atoms with van der Waals surface area (Å²) in [5.74, 6) is 2.19. The molecule has 0 radical (unpaired) electrons. The Bertz CT molecular complexity index is 419. The van der Waals surface area contributed by atoms with Crippen LogP contribution in [0.4, 0.5) is 4.79 Å². The summed E-state index contributed by atoms with van der Waals surface area (Å²) in [6.45, 7) is 8.18. The molecule has 0 aromatic heterocycles. The summed E-state index contributed by atoms with van der Waals surface area (Å²) in [5, 5.41) is 0. The zero-order valence-corrected chi connectivity index (χ0v) is 12.7. The van der Waals surface area contributed by atoms with Crippen LogP contribution in [0.3, 0.4) is 0 Å². The molecule has 1 amide bonds. The standard InChI is InChI=1S/C15H23NO4/c1-6-8-15(12(17)19-7-2)9-10-16(11-15)13(18)20-14(3,4)5/h1H,7-11H2,2-5H3. The van der Waals surface area contributed by atoms with E-state index in [4.69, 9.17) is 15.9 Å². The SMILES string of the molecule is C#CCC1(C(=O)OCC)CCN(C(=O)OC(C)(C)C)C1. The maximum Gasteiger partial charge on any atom is 0.410 e. The molecule has 1 fully saturated rings. The van der Waals surface area contributed by atoms with Crippen LogP contribution >= 0.6 is 0 Å². The highest BCUT2D eigenvalue weighted by atomic mass is 16.6. The summed E-state index contributed by atoms with van der Waals surface area (Å²) >= 11 is 0. The van der Waals surface area contributed by atoms with Gasteiger partial charge in [-0.05, 0) is 34.1 Å². The minimum absolute atomic E-state index is 0.255. The fourth-order valence-corrected chi connectivity index (χ4v) is 2.22. The van der Waals surface area contributed by atoms with E-state index < -0.39 is 17.1 Å². The first-order chi connectivity index (χ1) is 9.24. The van der Waals surface area contributed by atoms with Crippen molar-refractivity contribution < 1.29 is 19.1 Å². The van der Waals surface area contributed by atoms with Gasteiger partial charge in [-0.3, -0.25) is 4.79 Å². The molecule has 1 unspecified atom stereocenters. The fraction of sp³-hybridized carbons (Fsp3) is 0.733. The summed E-state index contributed by atoms with van der Waals surface area (Å²) < 4.78 is 10.4. The van der Waals surface area contributed by atoms with Crippen molar-refractivity contribution in [2.75, 3.05) is 19.7 Å². The lowest BCUT2D eigenvalue weighted by Crippen LogP contribution is -2.40. The van der Waals surface area contributed by atoms with Crippen molar-refractivity contribution >= 4 is 12.1 Å². The molecule has 0 saturated carbocycles. The van der Waals surface area contributed by atoms with Crippen molar-refractivity contribution in [3.63, 3.8) is 0 Å². The van der Waals surface area contributed by atoms with Crippen LogP contribution in [-0.4, -0.2) is 42.3 Å². The van der Waals surface area contributed by atoms with Gasteiger partial charge < -0.3 is 14.4 Å². The monoisotopic (exact) mass is 281 g/mol. The number of esters is 1. The molecular formula is C15H23NO4. The molecule has 5 heteroatoms. The van der Waals surface area contributed by atoms with E-state index in [1.165, 1.54) is 4.90 Å². The third-order valence-corrected chi connectivity index (χ3v) is 3.15. The quantitative estimate of drug-likeness (QED) is 0.588. The summed E-state index contributed by atoms with van der Waals surface area (Å²) in [6.07, 6.45) is 5.72. The van der Waals surface area contributed by atoms with Gasteiger partial charge in [0.05, 0.1) is 12.0 Å². The lowest BCUT2D eigenvalue weighted by molar-refractivity contribution is -0.154. The Kier molecular flexibility index (Phi) is 5.04. The van der Waals surface area contributed by atoms with E-state index >= 15 is 0 Å². The highest BCUT2D eigenvalue weighted by Gasteiger charge is 2.47. The Morgan fingerprint density at radius 1 is 1.40 bits per heavy atom. The van der Waals surface area contributed by atoms with Crippen LogP contribution in [0.5, 0.6) is 0 Å². The third-order valence-electron chi connectivity index (χ3n) is 3.15. The Labute approximate surface area is 120 Å². The molecule has 1 saturated heterocycles. The average molecular weight is 281 g/mol. The lowest BCUT2D eigenvalue weighted by Gasteiger charge is -2.27. The molecule has 0 spiro atoms. The van der Waals surface area contributed by atoms with Crippen molar-refractivity contribution in [2.24, 2.45) is 5.41 Å². The first kappa shape index (κ1) is 16.4. The minimum atomic E-state index is -0.790. The van der Waals surface area contributed by atoms with E-state index in [0.29, 0.717) is 19.6 Å². The van der Waals surface area contributed by atoms with E-state index in [0.717, 1.165) is 0 Å². The van der Waals surface area contributed by atoms with Crippen LogP contribution < -0.4 is 0 Å². The van der Waals surface area contributed by atoms with E-state index in [-0.39, 0.29) is 18.9 Å². The number of amides is 1. The van der Waals surface area contributed by atoms with E-state index in [1.807, 2.05) is 0 Å². The van der Waals surface area contributed by atoms with Crippen molar-refractivity contribution in [3.8, 4) is 12.3 Å². The first-order valence-corrected chi connectivity index (χ1v) is 6.83. The zero-order chi connectivity index (χ0) is 15.4. The van der Waals surface area contributed by atoms with Gasteiger partial charge in [0.15, 0.2) is 0 Å².